The van der Waals surface area contributed by atoms with E-state index in [0.29, 0.717) is 16.1 Å². The predicted molar refractivity (Wildman–Crippen MR) is 117 cm³/mol. The Kier molecular flexibility index (Phi) is 5.45. The lowest BCUT2D eigenvalue weighted by molar-refractivity contribution is -0.384. The van der Waals surface area contributed by atoms with Crippen molar-refractivity contribution >= 4 is 32.8 Å². The molecule has 4 rings (SSSR count). The van der Waals surface area contributed by atoms with Crippen LogP contribution in [0.3, 0.4) is 0 Å². The van der Waals surface area contributed by atoms with Crippen molar-refractivity contribution in [2.45, 2.75) is 20.0 Å². The Bertz CT molecular complexity index is 1550. The van der Waals surface area contributed by atoms with E-state index in [1.54, 1.807) is 17.6 Å². The molecule has 0 N–H and O–H groups in total. The number of nitro benzene ring substituents is 1. The topological polar surface area (TPSA) is 136 Å². The summed E-state index contributed by atoms with van der Waals surface area (Å²) in [4.78, 5) is 40.8. The van der Waals surface area contributed by atoms with Gasteiger partial charge < -0.3 is 4.57 Å². The second kappa shape index (κ2) is 8.23. The Balaban J connectivity index is 1.78. The highest BCUT2D eigenvalue weighted by atomic mass is 79.9. The van der Waals surface area contributed by atoms with Crippen LogP contribution >= 0.6 is 15.9 Å². The third-order valence-corrected chi connectivity index (χ3v) is 5.37. The molecule has 0 radical (unpaired) electrons. The van der Waals surface area contributed by atoms with Crippen LogP contribution in [0.2, 0.25) is 0 Å². The van der Waals surface area contributed by atoms with Crippen LogP contribution in [0.15, 0.2) is 44.8 Å². The Morgan fingerprint density at radius 1 is 1.25 bits per heavy atom. The molecular weight excluding hydrogens is 484 g/mol. The number of nitro groups is 1. The summed E-state index contributed by atoms with van der Waals surface area (Å²) in [6.07, 6.45) is 1.50. The van der Waals surface area contributed by atoms with Gasteiger partial charge >= 0.3 is 5.69 Å². The molecule has 0 spiro atoms. The highest BCUT2D eigenvalue weighted by Gasteiger charge is 2.20. The first kappa shape index (κ1) is 21.2. The number of aromatic nitrogens is 7. The average molecular weight is 499 g/mol. The van der Waals surface area contributed by atoms with Gasteiger partial charge in [-0.25, -0.2) is 14.5 Å². The number of non-ortho nitro benzene ring substituents is 1. The van der Waals surface area contributed by atoms with Crippen LogP contribution in [0.1, 0.15) is 12.6 Å². The van der Waals surface area contributed by atoms with Gasteiger partial charge in [0.25, 0.3) is 11.2 Å². The van der Waals surface area contributed by atoms with E-state index in [-0.39, 0.29) is 29.9 Å². The van der Waals surface area contributed by atoms with E-state index in [2.05, 4.69) is 43.1 Å². The Morgan fingerprint density at radius 2 is 2.03 bits per heavy atom. The first-order chi connectivity index (χ1) is 15.3. The monoisotopic (exact) mass is 498 g/mol. The van der Waals surface area contributed by atoms with Crippen LogP contribution < -0.4 is 11.2 Å². The van der Waals surface area contributed by atoms with Gasteiger partial charge in [0.2, 0.25) is 0 Å². The number of aryl methyl sites for hydroxylation is 1. The van der Waals surface area contributed by atoms with Crippen molar-refractivity contribution in [3.8, 4) is 17.5 Å². The summed E-state index contributed by atoms with van der Waals surface area (Å²) in [5.41, 5.74) is 0.0238. The van der Waals surface area contributed by atoms with Crippen molar-refractivity contribution in [1.82, 2.24) is 33.7 Å². The number of rotatable bonds is 5. The molecule has 0 unspecified atom stereocenters. The fourth-order valence-electron chi connectivity index (χ4n) is 3.19. The van der Waals surface area contributed by atoms with E-state index in [9.17, 15) is 19.7 Å². The standard InChI is InChI=1S/C19H15BrN8O4/c1-3-4-8-25-15-16(21-18(25)20)24(2)19(30)26(17(15)29)10-12-11-27(23-22-12)13-6-5-7-14(9-13)28(31)32/h5-7,9,11H,8,10H2,1-2H3. The first-order valence-corrected chi connectivity index (χ1v) is 10.0. The van der Waals surface area contributed by atoms with Crippen LogP contribution in [0.25, 0.3) is 16.9 Å². The smallest absolute Gasteiger partial charge is 0.301 e. The van der Waals surface area contributed by atoms with Gasteiger partial charge in [-0.3, -0.25) is 24.0 Å². The largest absolute Gasteiger partial charge is 0.332 e. The second-order valence-corrected chi connectivity index (χ2v) is 7.44. The Labute approximate surface area is 188 Å². The molecule has 0 aliphatic rings. The maximum absolute atomic E-state index is 13.2. The van der Waals surface area contributed by atoms with E-state index in [0.717, 1.165) is 4.57 Å². The van der Waals surface area contributed by atoms with E-state index in [1.807, 2.05) is 0 Å². The number of imidazole rings is 1. The molecule has 32 heavy (non-hydrogen) atoms. The van der Waals surface area contributed by atoms with Crippen LogP contribution in [0.4, 0.5) is 5.69 Å². The molecule has 0 aliphatic heterocycles. The van der Waals surface area contributed by atoms with E-state index in [4.69, 9.17) is 0 Å². The van der Waals surface area contributed by atoms with Gasteiger partial charge in [-0.05, 0) is 28.9 Å². The van der Waals surface area contributed by atoms with Crippen molar-refractivity contribution in [2.75, 3.05) is 0 Å². The van der Waals surface area contributed by atoms with Crippen LogP contribution in [0.5, 0.6) is 0 Å². The van der Waals surface area contributed by atoms with Crippen LogP contribution in [-0.2, 0) is 20.1 Å². The van der Waals surface area contributed by atoms with Gasteiger partial charge in [0.05, 0.1) is 29.9 Å². The third kappa shape index (κ3) is 3.60. The van der Waals surface area contributed by atoms with Crippen LogP contribution in [-0.4, -0.2) is 38.6 Å². The van der Waals surface area contributed by atoms with Crippen molar-refractivity contribution in [3.63, 3.8) is 0 Å². The zero-order valence-corrected chi connectivity index (χ0v) is 18.5. The zero-order valence-electron chi connectivity index (χ0n) is 16.9. The van der Waals surface area contributed by atoms with E-state index < -0.39 is 16.2 Å². The minimum absolute atomic E-state index is 0.0934. The molecule has 0 fully saturated rings. The zero-order chi connectivity index (χ0) is 23.0. The lowest BCUT2D eigenvalue weighted by atomic mass is 10.3. The molecule has 0 amide bonds. The Morgan fingerprint density at radius 3 is 2.75 bits per heavy atom. The fourth-order valence-corrected chi connectivity index (χ4v) is 3.67. The number of fused-ring (bicyclic) bond motifs is 1. The molecule has 1 aromatic carbocycles. The van der Waals surface area contributed by atoms with Gasteiger partial charge in [-0.1, -0.05) is 17.2 Å². The highest BCUT2D eigenvalue weighted by Crippen LogP contribution is 2.17. The van der Waals surface area contributed by atoms with Gasteiger partial charge in [-0.15, -0.1) is 11.0 Å². The van der Waals surface area contributed by atoms with Crippen molar-refractivity contribution < 1.29 is 4.92 Å². The molecule has 0 atom stereocenters. The number of nitrogens with zero attached hydrogens (tertiary/aromatic N) is 8. The normalized spacial score (nSPS) is 10.8. The highest BCUT2D eigenvalue weighted by molar-refractivity contribution is 9.10. The summed E-state index contributed by atoms with van der Waals surface area (Å²) in [5, 5.41) is 19.0. The maximum atomic E-state index is 13.2. The third-order valence-electron chi connectivity index (χ3n) is 4.77. The first-order valence-electron chi connectivity index (χ1n) is 9.23. The molecule has 0 saturated heterocycles. The fraction of sp³-hybridized carbons (Fsp3) is 0.211. The van der Waals surface area contributed by atoms with Gasteiger partial charge in [0.15, 0.2) is 15.9 Å². The summed E-state index contributed by atoms with van der Waals surface area (Å²) in [7, 11) is 1.52. The number of benzene rings is 1. The van der Waals surface area contributed by atoms with Crippen LogP contribution in [0, 0.1) is 22.0 Å². The Hall–Kier alpha value is -4.05. The summed E-state index contributed by atoms with van der Waals surface area (Å²) >= 11 is 3.32. The number of halogens is 1. The average Bonchev–Trinajstić information content (AvgIpc) is 3.38. The maximum Gasteiger partial charge on any atom is 0.332 e. The minimum Gasteiger partial charge on any atom is -0.301 e. The molecule has 0 aliphatic carbocycles. The lowest BCUT2D eigenvalue weighted by Gasteiger charge is -2.07. The van der Waals surface area contributed by atoms with E-state index >= 15 is 0 Å². The van der Waals surface area contributed by atoms with Crippen molar-refractivity contribution in [1.29, 1.82) is 0 Å². The molecule has 12 nitrogen and oxygen atoms in total. The SMILES string of the molecule is CC#CCn1c(Br)nc2c1c(=O)n(Cc1cn(-c3cccc([N+](=O)[O-])c3)nn1)c(=O)n2C. The molecule has 162 valence electrons. The predicted octanol–water partition coefficient (Wildman–Crippen LogP) is 1.22. The minimum atomic E-state index is -0.564. The summed E-state index contributed by atoms with van der Waals surface area (Å²) in [6.45, 7) is 1.77. The van der Waals surface area contributed by atoms with E-state index in [1.165, 1.54) is 40.7 Å². The summed E-state index contributed by atoms with van der Waals surface area (Å²) < 4.78 is 5.63. The van der Waals surface area contributed by atoms with Crippen molar-refractivity contribution in [3.05, 3.63) is 71.8 Å². The number of hydrogen-bond acceptors (Lipinski definition) is 7. The van der Waals surface area contributed by atoms with Gasteiger partial charge in [0, 0.05) is 19.2 Å². The van der Waals surface area contributed by atoms with Gasteiger partial charge in [-0.2, -0.15) is 0 Å². The quantitative estimate of drug-likeness (QED) is 0.174. The number of hydrogen-bond donors (Lipinski definition) is 0. The molecule has 4 aromatic rings. The summed E-state index contributed by atoms with van der Waals surface area (Å²) in [6, 6.07) is 5.87. The molecule has 0 bridgehead atoms. The van der Waals surface area contributed by atoms with Crippen molar-refractivity contribution in [2.24, 2.45) is 7.05 Å². The molecule has 3 heterocycles. The van der Waals surface area contributed by atoms with Gasteiger partial charge in [0.1, 0.15) is 5.69 Å². The molecule has 3 aromatic heterocycles. The molecule has 13 heteroatoms. The summed E-state index contributed by atoms with van der Waals surface area (Å²) in [5.74, 6) is 5.65. The second-order valence-electron chi connectivity index (χ2n) is 6.73. The lowest BCUT2D eigenvalue weighted by Crippen LogP contribution is -2.40. The molecular formula is C19H15BrN8O4. The molecule has 0 saturated carbocycles.